The van der Waals surface area contributed by atoms with Crippen molar-refractivity contribution in [2.24, 2.45) is 0 Å². The highest BCUT2D eigenvalue weighted by atomic mass is 16.5. The number of benzene rings is 2. The zero-order valence-electron chi connectivity index (χ0n) is 16.4. The molecular weight excluding hydrogens is 348 g/mol. The molecule has 0 bridgehead atoms. The predicted molar refractivity (Wildman–Crippen MR) is 113 cm³/mol. The van der Waals surface area contributed by atoms with Gasteiger partial charge in [-0.3, -0.25) is 0 Å². The molecule has 4 rings (SSSR count). The van der Waals surface area contributed by atoms with Gasteiger partial charge >= 0.3 is 0 Å². The van der Waals surface area contributed by atoms with Gasteiger partial charge in [-0.15, -0.1) is 0 Å². The van der Waals surface area contributed by atoms with Gasteiger partial charge in [0.1, 0.15) is 6.10 Å². The number of rotatable bonds is 5. The van der Waals surface area contributed by atoms with E-state index >= 15 is 0 Å². The number of anilines is 1. The zero-order chi connectivity index (χ0) is 19.5. The molecule has 2 aromatic carbocycles. The van der Waals surface area contributed by atoms with Gasteiger partial charge in [0.05, 0.1) is 13.2 Å². The molecule has 1 saturated heterocycles. The lowest BCUT2D eigenvalue weighted by Gasteiger charge is -2.23. The minimum absolute atomic E-state index is 0.0327. The number of nitrogens with zero attached hydrogens (tertiary/aromatic N) is 2. The van der Waals surface area contributed by atoms with E-state index in [9.17, 15) is 5.11 Å². The summed E-state index contributed by atoms with van der Waals surface area (Å²) in [6, 6.07) is 18.7. The maximum atomic E-state index is 9.85. The van der Waals surface area contributed by atoms with Crippen molar-refractivity contribution in [2.45, 2.75) is 33.0 Å². The molecule has 4 heteroatoms. The fraction of sp³-hybridized carbons (Fsp3) is 0.292. The van der Waals surface area contributed by atoms with Crippen LogP contribution in [-0.4, -0.2) is 29.3 Å². The molecule has 0 amide bonds. The van der Waals surface area contributed by atoms with Crippen molar-refractivity contribution in [1.29, 1.82) is 0 Å². The number of ether oxygens (including phenoxy) is 1. The summed E-state index contributed by atoms with van der Waals surface area (Å²) in [6.07, 6.45) is 2.87. The van der Waals surface area contributed by atoms with Crippen molar-refractivity contribution in [3.8, 4) is 17.0 Å². The Morgan fingerprint density at radius 2 is 1.96 bits per heavy atom. The van der Waals surface area contributed by atoms with E-state index in [1.165, 1.54) is 16.7 Å². The molecule has 0 radical (unpaired) electrons. The van der Waals surface area contributed by atoms with E-state index in [1.807, 2.05) is 31.3 Å². The van der Waals surface area contributed by atoms with Crippen LogP contribution in [0.4, 0.5) is 5.69 Å². The van der Waals surface area contributed by atoms with Crippen molar-refractivity contribution in [3.63, 3.8) is 0 Å². The minimum atomic E-state index is 0.0327. The van der Waals surface area contributed by atoms with Crippen LogP contribution in [0.2, 0.25) is 0 Å². The van der Waals surface area contributed by atoms with Gasteiger partial charge in [0.15, 0.2) is 0 Å². The van der Waals surface area contributed by atoms with E-state index in [4.69, 9.17) is 4.74 Å². The van der Waals surface area contributed by atoms with Crippen molar-refractivity contribution < 1.29 is 9.84 Å². The summed E-state index contributed by atoms with van der Waals surface area (Å²) in [7, 11) is 0. The van der Waals surface area contributed by atoms with Gasteiger partial charge in [0, 0.05) is 36.5 Å². The van der Waals surface area contributed by atoms with Gasteiger partial charge in [0.25, 0.3) is 0 Å². The van der Waals surface area contributed by atoms with E-state index < -0.39 is 0 Å². The molecule has 28 heavy (non-hydrogen) atoms. The third kappa shape index (κ3) is 3.87. The van der Waals surface area contributed by atoms with Crippen molar-refractivity contribution in [3.05, 3.63) is 77.5 Å². The Balaban J connectivity index is 1.56. The minimum Gasteiger partial charge on any atom is -0.472 e. The smallest absolute Gasteiger partial charge is 0.213 e. The van der Waals surface area contributed by atoms with Crippen molar-refractivity contribution in [1.82, 2.24) is 4.98 Å². The van der Waals surface area contributed by atoms with E-state index in [2.05, 4.69) is 53.2 Å². The van der Waals surface area contributed by atoms with Crippen LogP contribution in [0.3, 0.4) is 0 Å². The SMILES string of the molecule is Cc1ccc(O[C@H]2CCN(c3cc(-c4ccccc4C)ccc3CO)C2)nc1. The van der Waals surface area contributed by atoms with Crippen LogP contribution in [0.1, 0.15) is 23.1 Å². The van der Waals surface area contributed by atoms with E-state index in [0.717, 1.165) is 36.3 Å². The standard InChI is InChI=1S/C24H26N2O2/c1-17-7-10-24(25-14-17)28-21-11-12-26(15-21)23-13-19(8-9-20(23)16-27)22-6-4-3-5-18(22)2/h3-10,13-14,21,27H,11-12,15-16H2,1-2H3/t21-/m0/s1. The molecule has 4 nitrogen and oxygen atoms in total. The first kappa shape index (κ1) is 18.5. The highest BCUT2D eigenvalue weighted by molar-refractivity contribution is 5.73. The van der Waals surface area contributed by atoms with Gasteiger partial charge in [-0.1, -0.05) is 42.5 Å². The summed E-state index contributed by atoms with van der Waals surface area (Å²) >= 11 is 0. The molecule has 1 N–H and O–H groups in total. The first-order chi connectivity index (χ1) is 13.6. The Labute approximate surface area is 166 Å². The molecule has 0 spiro atoms. The second kappa shape index (κ2) is 8.03. The Bertz CT molecular complexity index is 953. The predicted octanol–water partition coefficient (Wildman–Crippen LogP) is 4.52. The van der Waals surface area contributed by atoms with Crippen LogP contribution >= 0.6 is 0 Å². The Hall–Kier alpha value is -2.85. The fourth-order valence-electron chi connectivity index (χ4n) is 3.79. The van der Waals surface area contributed by atoms with E-state index in [0.29, 0.717) is 5.88 Å². The summed E-state index contributed by atoms with van der Waals surface area (Å²) in [6.45, 7) is 5.88. The normalized spacial score (nSPS) is 16.4. The summed E-state index contributed by atoms with van der Waals surface area (Å²) in [5, 5.41) is 9.85. The third-order valence-electron chi connectivity index (χ3n) is 5.37. The Kier molecular flexibility index (Phi) is 5.31. The average Bonchev–Trinajstić information content (AvgIpc) is 3.18. The monoisotopic (exact) mass is 374 g/mol. The lowest BCUT2D eigenvalue weighted by Crippen LogP contribution is -2.25. The highest BCUT2D eigenvalue weighted by Crippen LogP contribution is 2.32. The average molecular weight is 374 g/mol. The molecule has 0 aliphatic carbocycles. The van der Waals surface area contributed by atoms with Crippen LogP contribution in [0.15, 0.2) is 60.8 Å². The van der Waals surface area contributed by atoms with E-state index in [-0.39, 0.29) is 12.7 Å². The quantitative estimate of drug-likeness (QED) is 0.713. The Morgan fingerprint density at radius 1 is 1.11 bits per heavy atom. The molecule has 1 aromatic heterocycles. The number of aliphatic hydroxyl groups excluding tert-OH is 1. The summed E-state index contributed by atoms with van der Waals surface area (Å²) in [4.78, 5) is 6.67. The van der Waals surface area contributed by atoms with Gasteiger partial charge < -0.3 is 14.7 Å². The topological polar surface area (TPSA) is 45.6 Å². The molecule has 3 aromatic rings. The first-order valence-electron chi connectivity index (χ1n) is 9.78. The van der Waals surface area contributed by atoms with Gasteiger partial charge in [-0.05, 0) is 42.2 Å². The van der Waals surface area contributed by atoms with Gasteiger partial charge in [-0.2, -0.15) is 0 Å². The number of aliphatic hydroxyl groups is 1. The number of hydrogen-bond donors (Lipinski definition) is 1. The molecule has 1 atom stereocenters. The molecule has 144 valence electrons. The third-order valence-corrected chi connectivity index (χ3v) is 5.37. The zero-order valence-corrected chi connectivity index (χ0v) is 16.4. The van der Waals surface area contributed by atoms with Crippen LogP contribution in [0.25, 0.3) is 11.1 Å². The van der Waals surface area contributed by atoms with Crippen molar-refractivity contribution in [2.75, 3.05) is 18.0 Å². The van der Waals surface area contributed by atoms with Crippen LogP contribution < -0.4 is 9.64 Å². The number of aromatic nitrogens is 1. The molecule has 0 unspecified atom stereocenters. The Morgan fingerprint density at radius 3 is 2.71 bits per heavy atom. The second-order valence-electron chi connectivity index (χ2n) is 7.46. The lowest BCUT2D eigenvalue weighted by atomic mass is 9.98. The van der Waals surface area contributed by atoms with Gasteiger partial charge in [0.2, 0.25) is 5.88 Å². The largest absolute Gasteiger partial charge is 0.472 e. The maximum Gasteiger partial charge on any atom is 0.213 e. The lowest BCUT2D eigenvalue weighted by molar-refractivity contribution is 0.215. The molecule has 0 saturated carbocycles. The molecule has 1 aliphatic rings. The molecule has 1 aliphatic heterocycles. The van der Waals surface area contributed by atoms with Gasteiger partial charge in [-0.25, -0.2) is 4.98 Å². The van der Waals surface area contributed by atoms with Crippen LogP contribution in [-0.2, 0) is 6.61 Å². The fourth-order valence-corrected chi connectivity index (χ4v) is 3.79. The molecule has 1 fully saturated rings. The van der Waals surface area contributed by atoms with Crippen molar-refractivity contribution >= 4 is 5.69 Å². The maximum absolute atomic E-state index is 9.85. The molecule has 2 heterocycles. The second-order valence-corrected chi connectivity index (χ2v) is 7.46. The number of pyridine rings is 1. The summed E-state index contributed by atoms with van der Waals surface area (Å²) < 4.78 is 6.07. The summed E-state index contributed by atoms with van der Waals surface area (Å²) in [5.41, 5.74) is 6.82. The van der Waals surface area contributed by atoms with Crippen LogP contribution in [0, 0.1) is 13.8 Å². The number of hydrogen-bond acceptors (Lipinski definition) is 4. The van der Waals surface area contributed by atoms with Crippen LogP contribution in [0.5, 0.6) is 5.88 Å². The first-order valence-corrected chi connectivity index (χ1v) is 9.78. The summed E-state index contributed by atoms with van der Waals surface area (Å²) in [5.74, 6) is 0.675. The highest BCUT2D eigenvalue weighted by Gasteiger charge is 2.26. The molecular formula is C24H26N2O2. The van der Waals surface area contributed by atoms with E-state index in [1.54, 1.807) is 0 Å². The number of aryl methyl sites for hydroxylation is 2.